The molecule has 8 nitrogen and oxygen atoms in total. The van der Waals surface area contributed by atoms with Gasteiger partial charge in [0, 0.05) is 17.1 Å². The van der Waals surface area contributed by atoms with Crippen molar-refractivity contribution in [3.63, 3.8) is 0 Å². The van der Waals surface area contributed by atoms with Crippen LogP contribution in [0, 0.1) is 11.3 Å². The van der Waals surface area contributed by atoms with Gasteiger partial charge in [0.25, 0.3) is 5.91 Å². The summed E-state index contributed by atoms with van der Waals surface area (Å²) in [5, 5.41) is 9.63. The number of amides is 1. The lowest BCUT2D eigenvalue weighted by atomic mass is 10.1. The molecule has 0 spiro atoms. The molecule has 2 aromatic carbocycles. The van der Waals surface area contributed by atoms with Gasteiger partial charge in [-0.1, -0.05) is 30.7 Å². The summed E-state index contributed by atoms with van der Waals surface area (Å²) >= 11 is 6.11. The molecule has 0 fully saturated rings. The highest BCUT2D eigenvalue weighted by atomic mass is 35.5. The van der Waals surface area contributed by atoms with Crippen LogP contribution in [0.5, 0.6) is 0 Å². The number of carbonyl (C=O) groups excluding carboxylic acids is 1. The average Bonchev–Trinajstić information content (AvgIpc) is 3.15. The molecule has 0 unspecified atom stereocenters. The molecule has 1 aromatic heterocycles. The van der Waals surface area contributed by atoms with Crippen LogP contribution in [0.25, 0.3) is 0 Å². The number of hydrogen-bond acceptors (Lipinski definition) is 7. The summed E-state index contributed by atoms with van der Waals surface area (Å²) in [7, 11) is -3.76. The van der Waals surface area contributed by atoms with Gasteiger partial charge in [-0.25, -0.2) is 13.1 Å². The first-order valence-corrected chi connectivity index (χ1v) is 11.5. The van der Waals surface area contributed by atoms with E-state index in [1.165, 1.54) is 0 Å². The molecule has 1 heterocycles. The highest BCUT2D eigenvalue weighted by Crippen LogP contribution is 2.30. The summed E-state index contributed by atoms with van der Waals surface area (Å²) in [4.78, 5) is 18.4. The quantitative estimate of drug-likeness (QED) is 0.572. The van der Waals surface area contributed by atoms with Gasteiger partial charge < -0.3 is 4.42 Å². The summed E-state index contributed by atoms with van der Waals surface area (Å²) in [6, 6.07) is 16.2. The Morgan fingerprint density at radius 1 is 1.26 bits per heavy atom. The predicted octanol–water partition coefficient (Wildman–Crippen LogP) is 3.79. The van der Waals surface area contributed by atoms with Gasteiger partial charge in [0.05, 0.1) is 24.4 Å². The Labute approximate surface area is 185 Å². The Kier molecular flexibility index (Phi) is 6.63. The molecule has 1 N–H and O–H groups in total. The minimum Gasteiger partial charge on any atom is -0.428 e. The summed E-state index contributed by atoms with van der Waals surface area (Å²) in [6.07, 6.45) is 1.22. The maximum atomic E-state index is 12.4. The molecule has 3 rings (SSSR count). The monoisotopic (exact) mass is 458 g/mol. The number of rotatable bonds is 7. The zero-order valence-corrected chi connectivity index (χ0v) is 18.4. The van der Waals surface area contributed by atoms with Crippen molar-refractivity contribution >= 4 is 39.2 Å². The second-order valence-corrected chi connectivity index (χ2v) is 8.88. The number of aryl methyl sites for hydroxylation is 1. The van der Waals surface area contributed by atoms with E-state index >= 15 is 0 Å². The molecule has 31 heavy (non-hydrogen) atoms. The lowest BCUT2D eigenvalue weighted by Crippen LogP contribution is -2.30. The highest BCUT2D eigenvalue weighted by molar-refractivity contribution is 7.89. The maximum Gasteiger partial charge on any atom is 0.303 e. The number of hydrogen-bond donors (Lipinski definition) is 1. The molecule has 0 radical (unpaired) electrons. The summed E-state index contributed by atoms with van der Waals surface area (Å²) in [5.41, 5.74) is 1.90. The molecule has 160 valence electrons. The van der Waals surface area contributed by atoms with E-state index in [2.05, 4.69) is 11.1 Å². The largest absolute Gasteiger partial charge is 0.428 e. The van der Waals surface area contributed by atoms with Crippen LogP contribution >= 0.6 is 11.6 Å². The smallest absolute Gasteiger partial charge is 0.303 e. The van der Waals surface area contributed by atoms with E-state index in [0.29, 0.717) is 29.2 Å². The van der Waals surface area contributed by atoms with E-state index in [1.807, 2.05) is 16.9 Å². The number of halogens is 1. The molecule has 0 aliphatic heterocycles. The number of benzene rings is 2. The molecular weight excluding hydrogens is 440 g/mol. The van der Waals surface area contributed by atoms with Crippen molar-refractivity contribution in [1.82, 2.24) is 9.71 Å². The van der Waals surface area contributed by atoms with E-state index in [1.54, 1.807) is 48.2 Å². The fourth-order valence-electron chi connectivity index (χ4n) is 2.89. The lowest BCUT2D eigenvalue weighted by Gasteiger charge is -2.21. The van der Waals surface area contributed by atoms with Gasteiger partial charge in [0.2, 0.25) is 10.0 Å². The van der Waals surface area contributed by atoms with Crippen molar-refractivity contribution in [2.24, 2.45) is 0 Å². The zero-order chi connectivity index (χ0) is 22.6. The number of nitriles is 1. The van der Waals surface area contributed by atoms with Crippen LogP contribution in [0.3, 0.4) is 0 Å². The van der Waals surface area contributed by atoms with Crippen molar-refractivity contribution in [2.75, 3.05) is 11.2 Å². The third-order valence-electron chi connectivity index (χ3n) is 4.27. The first-order valence-electron chi connectivity index (χ1n) is 9.24. The highest BCUT2D eigenvalue weighted by Gasteiger charge is 2.25. The van der Waals surface area contributed by atoms with Crippen LogP contribution in [-0.2, 0) is 23.0 Å². The fourth-order valence-corrected chi connectivity index (χ4v) is 3.54. The van der Waals surface area contributed by atoms with Crippen molar-refractivity contribution in [1.29, 1.82) is 5.26 Å². The minimum absolute atomic E-state index is 0.104. The Bertz CT molecular complexity index is 1250. The third kappa shape index (κ3) is 5.63. The number of oxazole rings is 1. The molecule has 0 bridgehead atoms. The number of anilines is 2. The molecule has 0 atom stereocenters. The van der Waals surface area contributed by atoms with Crippen LogP contribution in [0.2, 0.25) is 5.02 Å². The van der Waals surface area contributed by atoms with Crippen molar-refractivity contribution in [3.05, 3.63) is 76.1 Å². The molecule has 10 heteroatoms. The number of carbonyl (C=O) groups is 1. The number of nitrogens with one attached hydrogen (secondary N) is 1. The molecule has 0 aliphatic carbocycles. The van der Waals surface area contributed by atoms with Crippen molar-refractivity contribution in [3.8, 4) is 6.07 Å². The molecule has 0 saturated carbocycles. The lowest BCUT2D eigenvalue weighted by molar-refractivity contribution is 0.0975. The topological polar surface area (TPSA) is 116 Å². The standard InChI is InChI=1S/C21H19ClN4O4S/c1-3-18-19(20(27)25-31(2,28)29)24-21(30-18)26(13-15-5-4-6-16(22)11-15)17-9-7-14(12-23)8-10-17/h4-11H,3,13H2,1-2H3,(H,25,27). The van der Waals surface area contributed by atoms with Gasteiger partial charge in [-0.15, -0.1) is 0 Å². The molecular formula is C21H19ClN4O4S. The van der Waals surface area contributed by atoms with E-state index in [0.717, 1.165) is 11.8 Å². The summed E-state index contributed by atoms with van der Waals surface area (Å²) in [6.45, 7) is 2.08. The number of aromatic nitrogens is 1. The average molecular weight is 459 g/mol. The predicted molar refractivity (Wildman–Crippen MR) is 117 cm³/mol. The summed E-state index contributed by atoms with van der Waals surface area (Å²) < 4.78 is 30.7. The van der Waals surface area contributed by atoms with Gasteiger partial charge >= 0.3 is 6.01 Å². The van der Waals surface area contributed by atoms with Crippen molar-refractivity contribution in [2.45, 2.75) is 19.9 Å². The Hall–Kier alpha value is -3.35. The van der Waals surface area contributed by atoms with Crippen LogP contribution in [0.1, 0.15) is 34.3 Å². The van der Waals surface area contributed by atoms with E-state index in [4.69, 9.17) is 21.3 Å². The van der Waals surface area contributed by atoms with Crippen LogP contribution in [0.15, 0.2) is 52.9 Å². The normalized spacial score (nSPS) is 11.0. The number of sulfonamides is 1. The Morgan fingerprint density at radius 2 is 1.97 bits per heavy atom. The maximum absolute atomic E-state index is 12.4. The van der Waals surface area contributed by atoms with Gasteiger partial charge in [0.1, 0.15) is 5.76 Å². The SMILES string of the molecule is CCc1oc(N(Cc2cccc(Cl)c2)c2ccc(C#N)cc2)nc1C(=O)NS(C)(=O)=O. The van der Waals surface area contributed by atoms with Gasteiger partial charge in [-0.3, -0.25) is 9.69 Å². The van der Waals surface area contributed by atoms with E-state index in [9.17, 15) is 13.2 Å². The first kappa shape index (κ1) is 22.3. The minimum atomic E-state index is -3.76. The zero-order valence-electron chi connectivity index (χ0n) is 16.8. The van der Waals surface area contributed by atoms with Gasteiger partial charge in [-0.05, 0) is 42.0 Å². The molecule has 3 aromatic rings. The third-order valence-corrected chi connectivity index (χ3v) is 5.06. The van der Waals surface area contributed by atoms with Gasteiger partial charge in [0.15, 0.2) is 5.69 Å². The second-order valence-electron chi connectivity index (χ2n) is 6.70. The first-order chi connectivity index (χ1) is 14.7. The van der Waals surface area contributed by atoms with Crippen LogP contribution in [0.4, 0.5) is 11.7 Å². The second kappa shape index (κ2) is 9.20. The van der Waals surface area contributed by atoms with Crippen molar-refractivity contribution < 1.29 is 17.6 Å². The Morgan fingerprint density at radius 3 is 2.55 bits per heavy atom. The van der Waals surface area contributed by atoms with Crippen LogP contribution in [-0.4, -0.2) is 25.6 Å². The molecule has 1 amide bonds. The van der Waals surface area contributed by atoms with E-state index < -0.39 is 15.9 Å². The Balaban J connectivity index is 2.06. The summed E-state index contributed by atoms with van der Waals surface area (Å²) in [5.74, 6) is -0.613. The molecule has 0 saturated heterocycles. The number of nitrogens with zero attached hydrogens (tertiary/aromatic N) is 3. The van der Waals surface area contributed by atoms with Crippen LogP contribution < -0.4 is 9.62 Å². The van der Waals surface area contributed by atoms with Gasteiger partial charge in [-0.2, -0.15) is 10.2 Å². The van der Waals surface area contributed by atoms with E-state index in [-0.39, 0.29) is 17.5 Å². The molecule has 0 aliphatic rings. The fraction of sp³-hybridized carbons (Fsp3) is 0.190.